The Kier molecular flexibility index (Phi) is 7.37. The van der Waals surface area contributed by atoms with Crippen LogP contribution in [0, 0.1) is 0 Å². The highest BCUT2D eigenvalue weighted by Gasteiger charge is 2.28. The fourth-order valence-corrected chi connectivity index (χ4v) is 6.81. The topological polar surface area (TPSA) is 83.6 Å². The molecule has 35 heavy (non-hydrogen) atoms. The monoisotopic (exact) mass is 632 g/mol. The molecule has 0 saturated carbocycles. The molecule has 2 heterocycles. The third-order valence-electron chi connectivity index (χ3n) is 5.49. The average molecular weight is 634 g/mol. The summed E-state index contributed by atoms with van der Waals surface area (Å²) < 4.78 is 1.70. The van der Waals surface area contributed by atoms with Gasteiger partial charge in [-0.15, -0.1) is 22.7 Å². The van der Waals surface area contributed by atoms with Gasteiger partial charge in [0.2, 0.25) is 0 Å². The molecule has 2 amide bonds. The number of rotatable bonds is 6. The van der Waals surface area contributed by atoms with Crippen molar-refractivity contribution in [2.45, 2.75) is 0 Å². The first-order valence-corrected chi connectivity index (χ1v) is 13.5. The van der Waals surface area contributed by atoms with Crippen molar-refractivity contribution in [3.8, 4) is 20.9 Å². The van der Waals surface area contributed by atoms with Gasteiger partial charge in [-0.25, -0.2) is 0 Å². The molecule has 0 radical (unpaired) electrons. The van der Waals surface area contributed by atoms with Gasteiger partial charge in [0.25, 0.3) is 11.8 Å². The van der Waals surface area contributed by atoms with Crippen LogP contribution in [0.4, 0.5) is 0 Å². The smallest absolute Gasteiger partial charge is 0.254 e. The largest absolute Gasteiger partial charge is 0.355 e. The zero-order chi connectivity index (χ0) is 25.4. The summed E-state index contributed by atoms with van der Waals surface area (Å²) in [4.78, 5) is 54.5. The van der Waals surface area contributed by atoms with Crippen LogP contribution in [0.25, 0.3) is 31.7 Å². The molecule has 1 N–H and O–H groups in total. The number of benzene rings is 2. The Hall–Kier alpha value is -2.66. The van der Waals surface area contributed by atoms with Crippen LogP contribution in [0.1, 0.15) is 41.4 Å². The highest BCUT2D eigenvalue weighted by Crippen LogP contribution is 2.43. The molecule has 4 aromatic rings. The zero-order valence-corrected chi connectivity index (χ0v) is 23.6. The Bertz CT molecular complexity index is 1520. The number of hydrogen-bond donors (Lipinski definition) is 1. The first kappa shape index (κ1) is 25.4. The molecule has 0 saturated heterocycles. The molecule has 0 spiro atoms. The lowest BCUT2D eigenvalue weighted by Gasteiger charge is -2.21. The van der Waals surface area contributed by atoms with Crippen molar-refractivity contribution in [1.82, 2.24) is 10.2 Å². The summed E-state index contributed by atoms with van der Waals surface area (Å²) in [5.41, 5.74) is 1.96. The summed E-state index contributed by atoms with van der Waals surface area (Å²) in [6.45, 7) is 0. The molecular formula is C25H18Br2N2O4S2. The summed E-state index contributed by atoms with van der Waals surface area (Å²) in [5.74, 6) is -0.773. The lowest BCUT2D eigenvalue weighted by atomic mass is 9.85. The predicted octanol–water partition coefficient (Wildman–Crippen LogP) is 6.51. The Balaban J connectivity index is 2.30. The third-order valence-corrected chi connectivity index (χ3v) is 8.80. The number of nitrogens with one attached hydrogen (secondary N) is 1. The molecular weight excluding hydrogens is 616 g/mol. The molecule has 0 aliphatic carbocycles. The molecule has 0 aliphatic heterocycles. The first-order chi connectivity index (χ1) is 16.7. The normalized spacial score (nSPS) is 10.9. The summed E-state index contributed by atoms with van der Waals surface area (Å²) in [6, 6.07) is 10.6. The summed E-state index contributed by atoms with van der Waals surface area (Å²) in [6.07, 6.45) is 1.34. The molecule has 10 heteroatoms. The molecule has 6 nitrogen and oxygen atoms in total. The van der Waals surface area contributed by atoms with Gasteiger partial charge in [0.1, 0.15) is 0 Å². The number of nitrogens with zero attached hydrogens (tertiary/aromatic N) is 1. The number of hydrogen-bond acceptors (Lipinski definition) is 6. The minimum atomic E-state index is -0.430. The molecule has 4 rings (SSSR count). The van der Waals surface area contributed by atoms with Gasteiger partial charge in [0.05, 0.1) is 13.1 Å². The van der Waals surface area contributed by atoms with Crippen molar-refractivity contribution < 1.29 is 19.2 Å². The van der Waals surface area contributed by atoms with E-state index < -0.39 is 5.91 Å². The second-order valence-corrected chi connectivity index (χ2v) is 12.7. The lowest BCUT2D eigenvalue weighted by molar-refractivity contribution is 0.0829. The summed E-state index contributed by atoms with van der Waals surface area (Å²) in [7, 11) is 4.73. The number of amides is 2. The number of halogens is 2. The maximum absolute atomic E-state index is 13.5. The highest BCUT2D eigenvalue weighted by molar-refractivity contribution is 9.11. The van der Waals surface area contributed by atoms with E-state index in [-0.39, 0.29) is 38.9 Å². The van der Waals surface area contributed by atoms with Crippen molar-refractivity contribution in [3.63, 3.8) is 0 Å². The van der Waals surface area contributed by atoms with E-state index in [0.29, 0.717) is 23.7 Å². The zero-order valence-electron chi connectivity index (χ0n) is 18.8. The maximum atomic E-state index is 13.5. The number of carbonyl (C=O) groups is 4. The average Bonchev–Trinajstić information content (AvgIpc) is 3.48. The minimum Gasteiger partial charge on any atom is -0.355 e. The van der Waals surface area contributed by atoms with Crippen molar-refractivity contribution in [2.75, 3.05) is 21.1 Å². The molecule has 2 aromatic carbocycles. The molecule has 0 bridgehead atoms. The van der Waals surface area contributed by atoms with Crippen molar-refractivity contribution >= 4 is 89.7 Å². The second kappa shape index (κ2) is 10.1. The van der Waals surface area contributed by atoms with E-state index in [1.54, 1.807) is 26.2 Å². The van der Waals surface area contributed by atoms with Gasteiger partial charge in [0, 0.05) is 69.5 Å². The Morgan fingerprint density at radius 3 is 1.94 bits per heavy atom. The first-order valence-electron chi connectivity index (χ1n) is 10.2. The van der Waals surface area contributed by atoms with Crippen LogP contribution in [-0.2, 0) is 0 Å². The number of thiophene rings is 2. The van der Waals surface area contributed by atoms with Crippen LogP contribution in [0.15, 0.2) is 44.0 Å². The highest BCUT2D eigenvalue weighted by atomic mass is 79.9. The van der Waals surface area contributed by atoms with Gasteiger partial charge in [-0.2, -0.15) is 0 Å². The third kappa shape index (κ3) is 4.51. The summed E-state index contributed by atoms with van der Waals surface area (Å²) >= 11 is 9.69. The van der Waals surface area contributed by atoms with Crippen molar-refractivity contribution in [1.29, 1.82) is 0 Å². The van der Waals surface area contributed by atoms with Crippen LogP contribution in [0.3, 0.4) is 0 Å². The van der Waals surface area contributed by atoms with Crippen LogP contribution >= 0.6 is 54.5 Å². The number of aldehydes is 2. The predicted molar refractivity (Wildman–Crippen MR) is 148 cm³/mol. The van der Waals surface area contributed by atoms with E-state index in [1.165, 1.54) is 34.6 Å². The second-order valence-electron chi connectivity index (χ2n) is 7.75. The molecule has 2 aromatic heterocycles. The van der Waals surface area contributed by atoms with Crippen molar-refractivity contribution in [3.05, 3.63) is 66.2 Å². The Labute approximate surface area is 226 Å². The van der Waals surface area contributed by atoms with Gasteiger partial charge < -0.3 is 10.2 Å². The van der Waals surface area contributed by atoms with Gasteiger partial charge in [0.15, 0.2) is 12.6 Å². The van der Waals surface area contributed by atoms with E-state index in [1.807, 2.05) is 24.3 Å². The van der Waals surface area contributed by atoms with E-state index in [9.17, 15) is 19.2 Å². The van der Waals surface area contributed by atoms with E-state index in [4.69, 9.17) is 0 Å². The number of carbonyl (C=O) groups excluding carboxylic acids is 4. The Morgan fingerprint density at radius 2 is 1.49 bits per heavy atom. The fourth-order valence-electron chi connectivity index (χ4n) is 3.98. The standard InChI is InChI=1S/C25H18Br2N2O4S2/c1-28-24(32)15-9-14(18-5-7-20(27)35-18)23(25(33)29(2)3)21-12(10-30)8-13(16(11-31)22(15)21)17-4-6-19(26)34-17/h4-11H,1-3H3,(H,28,32). The fraction of sp³-hybridized carbons (Fsp3) is 0.120. The SMILES string of the molecule is CNC(=O)c1cc(-c2ccc(Br)s2)c(C(=O)N(C)C)c2c(C=O)cc(-c3ccc(Br)s3)c(C=O)c12. The summed E-state index contributed by atoms with van der Waals surface area (Å²) in [5, 5.41) is 3.18. The lowest BCUT2D eigenvalue weighted by Crippen LogP contribution is -2.25. The number of fused-ring (bicyclic) bond motifs is 1. The van der Waals surface area contributed by atoms with E-state index >= 15 is 0 Å². The van der Waals surface area contributed by atoms with Crippen LogP contribution in [-0.4, -0.2) is 50.4 Å². The van der Waals surface area contributed by atoms with E-state index in [2.05, 4.69) is 37.2 Å². The van der Waals surface area contributed by atoms with Gasteiger partial charge in [-0.3, -0.25) is 19.2 Å². The molecule has 0 atom stereocenters. The van der Waals surface area contributed by atoms with Crippen LogP contribution in [0.5, 0.6) is 0 Å². The molecule has 0 aliphatic rings. The van der Waals surface area contributed by atoms with Gasteiger partial charge in [-0.05, 0) is 68.3 Å². The Morgan fingerprint density at radius 1 is 0.886 bits per heavy atom. The van der Waals surface area contributed by atoms with E-state index in [0.717, 1.165) is 17.3 Å². The quantitative estimate of drug-likeness (QED) is 0.246. The van der Waals surface area contributed by atoms with Crippen molar-refractivity contribution in [2.24, 2.45) is 0 Å². The molecule has 0 unspecified atom stereocenters. The maximum Gasteiger partial charge on any atom is 0.254 e. The van der Waals surface area contributed by atoms with Crippen LogP contribution < -0.4 is 5.32 Å². The van der Waals surface area contributed by atoms with Crippen LogP contribution in [0.2, 0.25) is 0 Å². The molecule has 0 fully saturated rings. The van der Waals surface area contributed by atoms with Gasteiger partial charge >= 0.3 is 0 Å². The van der Waals surface area contributed by atoms with Gasteiger partial charge in [-0.1, -0.05) is 0 Å². The minimum absolute atomic E-state index is 0.208. The molecule has 178 valence electrons.